The highest BCUT2D eigenvalue weighted by Gasteiger charge is 2.27. The molecule has 2 aromatic rings. The van der Waals surface area contributed by atoms with Gasteiger partial charge in [-0.2, -0.15) is 0 Å². The van der Waals surface area contributed by atoms with Crippen molar-refractivity contribution in [2.75, 3.05) is 4.90 Å². The van der Waals surface area contributed by atoms with Crippen LogP contribution in [0.25, 0.3) is 6.08 Å². The second kappa shape index (κ2) is 8.36. The number of rotatable bonds is 5. The van der Waals surface area contributed by atoms with Crippen LogP contribution in [0.4, 0.5) is 5.69 Å². The molecule has 0 saturated carbocycles. The molecule has 0 aliphatic carbocycles. The first-order valence-electron chi connectivity index (χ1n) is 9.22. The van der Waals surface area contributed by atoms with Crippen LogP contribution >= 0.6 is 12.2 Å². The van der Waals surface area contributed by atoms with Crippen molar-refractivity contribution < 1.29 is 4.79 Å². The maximum atomic E-state index is 12.6. The predicted molar refractivity (Wildman–Crippen MR) is 121 cm³/mol. The van der Waals surface area contributed by atoms with Gasteiger partial charge in [-0.05, 0) is 62.8 Å². The summed E-state index contributed by atoms with van der Waals surface area (Å²) >= 11 is 5.54. The van der Waals surface area contributed by atoms with E-state index in [1.807, 2.05) is 78.6 Å². The fourth-order valence-corrected chi connectivity index (χ4v) is 3.72. The van der Waals surface area contributed by atoms with E-state index in [-0.39, 0.29) is 11.3 Å². The van der Waals surface area contributed by atoms with E-state index in [9.17, 15) is 4.79 Å². The number of anilines is 1. The summed E-state index contributed by atoms with van der Waals surface area (Å²) in [6, 6.07) is 17.5. The molecule has 0 bridgehead atoms. The third-order valence-electron chi connectivity index (χ3n) is 4.39. The van der Waals surface area contributed by atoms with Crippen molar-refractivity contribution in [2.45, 2.75) is 26.3 Å². The summed E-state index contributed by atoms with van der Waals surface area (Å²) in [5, 5.41) is 3.95. The normalized spacial score (nSPS) is 16.3. The number of ketones is 1. The molecule has 1 heterocycles. The maximum Gasteiger partial charge on any atom is 0.185 e. The maximum absolute atomic E-state index is 12.6. The highest BCUT2D eigenvalue weighted by atomic mass is 32.1. The minimum Gasteiger partial charge on any atom is -0.354 e. The largest absolute Gasteiger partial charge is 0.354 e. The topological polar surface area (TPSA) is 32.3 Å². The number of benzene rings is 2. The van der Waals surface area contributed by atoms with Crippen LogP contribution in [0.2, 0.25) is 0 Å². The van der Waals surface area contributed by atoms with Gasteiger partial charge in [-0.25, -0.2) is 0 Å². The van der Waals surface area contributed by atoms with Gasteiger partial charge < -0.3 is 5.32 Å². The summed E-state index contributed by atoms with van der Waals surface area (Å²) in [5.41, 5.74) is 3.46. The number of carbonyl (C=O) groups is 1. The first-order valence-corrected chi connectivity index (χ1v) is 9.62. The molecule has 0 unspecified atom stereocenters. The molecule has 0 saturated heterocycles. The fourth-order valence-electron chi connectivity index (χ4n) is 3.20. The van der Waals surface area contributed by atoms with Crippen molar-refractivity contribution in [1.29, 1.82) is 0 Å². The van der Waals surface area contributed by atoms with E-state index < -0.39 is 0 Å². The van der Waals surface area contributed by atoms with E-state index in [1.54, 1.807) is 12.2 Å². The Balaban J connectivity index is 1.76. The number of thiocarbonyl (C=S) groups is 1. The van der Waals surface area contributed by atoms with Gasteiger partial charge in [0, 0.05) is 16.9 Å². The number of hydrogen-bond donors (Lipinski definition) is 1. The molecule has 0 amide bonds. The lowest BCUT2D eigenvalue weighted by atomic mass is 10.0. The van der Waals surface area contributed by atoms with Crippen LogP contribution in [0, 0.1) is 0 Å². The van der Waals surface area contributed by atoms with Crippen molar-refractivity contribution in [3.63, 3.8) is 0 Å². The first-order chi connectivity index (χ1) is 13.4. The van der Waals surface area contributed by atoms with Gasteiger partial charge in [0.25, 0.3) is 0 Å². The molecule has 0 spiro atoms. The van der Waals surface area contributed by atoms with E-state index in [0.717, 1.165) is 16.9 Å². The monoisotopic (exact) mass is 388 g/mol. The molecule has 4 heteroatoms. The van der Waals surface area contributed by atoms with Crippen LogP contribution in [-0.2, 0) is 0 Å². The van der Waals surface area contributed by atoms with Gasteiger partial charge in [-0.15, -0.1) is 0 Å². The van der Waals surface area contributed by atoms with E-state index in [1.165, 1.54) is 0 Å². The predicted octanol–water partition coefficient (Wildman–Crippen LogP) is 5.52. The third kappa shape index (κ3) is 4.84. The van der Waals surface area contributed by atoms with Crippen molar-refractivity contribution in [3.8, 4) is 0 Å². The minimum absolute atomic E-state index is 0.0441. The highest BCUT2D eigenvalue weighted by molar-refractivity contribution is 7.80. The van der Waals surface area contributed by atoms with E-state index in [0.29, 0.717) is 10.7 Å². The number of hydrogen-bond acceptors (Lipinski definition) is 2. The Bertz CT molecular complexity index is 971. The lowest BCUT2D eigenvalue weighted by Crippen LogP contribution is -2.53. The van der Waals surface area contributed by atoms with Crippen LogP contribution in [0.1, 0.15) is 36.7 Å². The highest BCUT2D eigenvalue weighted by Crippen LogP contribution is 2.26. The smallest absolute Gasteiger partial charge is 0.185 e. The Hall–Kier alpha value is -2.98. The fraction of sp³-hybridized carbons (Fsp3) is 0.167. The van der Waals surface area contributed by atoms with Gasteiger partial charge in [0.15, 0.2) is 10.9 Å². The average Bonchev–Trinajstić information content (AvgIpc) is 2.64. The van der Waals surface area contributed by atoms with E-state index >= 15 is 0 Å². The molecule has 0 atom stereocenters. The van der Waals surface area contributed by atoms with Gasteiger partial charge in [0.05, 0.1) is 5.54 Å². The molecule has 1 aliphatic heterocycles. The molecule has 3 rings (SSSR count). The lowest BCUT2D eigenvalue weighted by Gasteiger charge is -2.38. The SMILES string of the molecule is CC1=CC(C)(C)NC(=S)N1c1cccc(C(=O)C=CC=Cc2ccccc2)c1. The zero-order valence-corrected chi connectivity index (χ0v) is 17.2. The van der Waals surface area contributed by atoms with Gasteiger partial charge in [0.1, 0.15) is 0 Å². The molecule has 1 N–H and O–H groups in total. The summed E-state index contributed by atoms with van der Waals surface area (Å²) in [6.07, 6.45) is 9.31. The minimum atomic E-state index is -0.182. The Labute approximate surface area is 172 Å². The Morgan fingerprint density at radius 2 is 1.82 bits per heavy atom. The average molecular weight is 389 g/mol. The molecule has 1 aliphatic rings. The number of nitrogens with one attached hydrogen (secondary N) is 1. The molecular formula is C24H24N2OS. The third-order valence-corrected chi connectivity index (χ3v) is 4.68. The molecule has 28 heavy (non-hydrogen) atoms. The lowest BCUT2D eigenvalue weighted by molar-refractivity contribution is 0.104. The Kier molecular flexibility index (Phi) is 5.90. The van der Waals surface area contributed by atoms with Crippen LogP contribution in [0.15, 0.2) is 84.6 Å². The quantitative estimate of drug-likeness (QED) is 0.317. The van der Waals surface area contributed by atoms with Crippen molar-refractivity contribution in [2.24, 2.45) is 0 Å². The van der Waals surface area contributed by atoms with Gasteiger partial charge in [0.2, 0.25) is 0 Å². The zero-order valence-electron chi connectivity index (χ0n) is 16.3. The van der Waals surface area contributed by atoms with Crippen molar-refractivity contribution in [1.82, 2.24) is 5.32 Å². The van der Waals surface area contributed by atoms with Crippen LogP contribution in [0.3, 0.4) is 0 Å². The van der Waals surface area contributed by atoms with Crippen molar-refractivity contribution in [3.05, 3.63) is 95.7 Å². The van der Waals surface area contributed by atoms with Gasteiger partial charge in [-0.1, -0.05) is 60.7 Å². The summed E-state index contributed by atoms with van der Waals surface area (Å²) < 4.78 is 0. The molecular weight excluding hydrogens is 364 g/mol. The van der Waals surface area contributed by atoms with E-state index in [4.69, 9.17) is 12.2 Å². The van der Waals surface area contributed by atoms with E-state index in [2.05, 4.69) is 25.2 Å². The first kappa shape index (κ1) is 19.8. The van der Waals surface area contributed by atoms with Gasteiger partial charge in [-0.3, -0.25) is 9.69 Å². The summed E-state index contributed by atoms with van der Waals surface area (Å²) in [5.74, 6) is -0.0441. The number of carbonyl (C=O) groups excluding carboxylic acids is 1. The zero-order chi connectivity index (χ0) is 20.1. The molecule has 3 nitrogen and oxygen atoms in total. The summed E-state index contributed by atoms with van der Waals surface area (Å²) in [7, 11) is 0. The van der Waals surface area contributed by atoms with Crippen molar-refractivity contribution >= 4 is 34.9 Å². The van der Waals surface area contributed by atoms with Crippen LogP contribution in [0.5, 0.6) is 0 Å². The molecule has 0 radical (unpaired) electrons. The summed E-state index contributed by atoms with van der Waals surface area (Å²) in [4.78, 5) is 14.5. The Morgan fingerprint density at radius 3 is 2.54 bits per heavy atom. The Morgan fingerprint density at radius 1 is 1.07 bits per heavy atom. The number of nitrogens with zero attached hydrogens (tertiary/aromatic N) is 1. The molecule has 2 aromatic carbocycles. The van der Waals surface area contributed by atoms with Gasteiger partial charge >= 0.3 is 0 Å². The molecule has 0 fully saturated rings. The molecule has 0 aromatic heterocycles. The second-order valence-electron chi connectivity index (χ2n) is 7.32. The van der Waals surface area contributed by atoms with Crippen LogP contribution in [-0.4, -0.2) is 16.4 Å². The standard InChI is InChI=1S/C24H24N2OS/c1-18-17-24(2,3)25-23(28)26(18)21-14-9-13-20(16-21)22(27)15-8-7-12-19-10-5-4-6-11-19/h4-17H,1-3H3,(H,25,28). The number of allylic oxidation sites excluding steroid dienone is 4. The van der Waals surface area contributed by atoms with Crippen LogP contribution < -0.4 is 10.2 Å². The molecule has 142 valence electrons. The second-order valence-corrected chi connectivity index (χ2v) is 7.70. The summed E-state index contributed by atoms with van der Waals surface area (Å²) in [6.45, 7) is 6.18.